The third-order valence-corrected chi connectivity index (χ3v) is 2.38. The number of rotatable bonds is 9. The summed E-state index contributed by atoms with van der Waals surface area (Å²) in [6.45, 7) is 10.3. The first-order valence-corrected chi connectivity index (χ1v) is 7.09. The average Bonchev–Trinajstić information content (AvgIpc) is 2.32. The van der Waals surface area contributed by atoms with Gasteiger partial charge in [0.05, 0.1) is 0 Å². The van der Waals surface area contributed by atoms with E-state index in [1.165, 1.54) is 57.8 Å². The van der Waals surface area contributed by atoms with Crippen molar-refractivity contribution in [2.24, 2.45) is 0 Å². The molecule has 0 bridgehead atoms. The Morgan fingerprint density at radius 3 is 1.31 bits per heavy atom. The molecule has 0 aliphatic rings. The summed E-state index contributed by atoms with van der Waals surface area (Å²) in [4.78, 5) is 0. The monoisotopic (exact) mass is 224 g/mol. The summed E-state index contributed by atoms with van der Waals surface area (Å²) in [7, 11) is 0. The van der Waals surface area contributed by atoms with E-state index in [-0.39, 0.29) is 0 Å². The van der Waals surface area contributed by atoms with Crippen LogP contribution in [0.3, 0.4) is 0 Å². The van der Waals surface area contributed by atoms with Gasteiger partial charge in [0, 0.05) is 0 Å². The molecule has 0 radical (unpaired) electrons. The molecule has 0 N–H and O–H groups in total. The van der Waals surface area contributed by atoms with Crippen LogP contribution in [0.4, 0.5) is 0 Å². The van der Waals surface area contributed by atoms with Gasteiger partial charge in [0.15, 0.2) is 0 Å². The number of hydrogen-bond donors (Lipinski definition) is 0. The van der Waals surface area contributed by atoms with Crippen LogP contribution in [-0.4, -0.2) is 0 Å². The van der Waals surface area contributed by atoms with Gasteiger partial charge in [-0.05, 0) is 19.3 Å². The maximum Gasteiger partial charge on any atom is -0.0351 e. The van der Waals surface area contributed by atoms with E-state index in [9.17, 15) is 0 Å². The van der Waals surface area contributed by atoms with Gasteiger partial charge in [-0.1, -0.05) is 77.5 Å². The maximum atomic E-state index is 3.60. The fourth-order valence-corrected chi connectivity index (χ4v) is 1.23. The first-order valence-electron chi connectivity index (χ1n) is 7.09. The predicted octanol–water partition coefficient (Wildman–Crippen LogP) is 6.29. The van der Waals surface area contributed by atoms with Crippen LogP contribution in [0.15, 0.2) is 24.8 Å². The van der Waals surface area contributed by atoms with Crippen molar-refractivity contribution in [2.75, 3.05) is 0 Å². The van der Waals surface area contributed by atoms with Crippen molar-refractivity contribution in [1.82, 2.24) is 0 Å². The molecule has 0 fully saturated rings. The second-order valence-electron chi connectivity index (χ2n) is 4.19. The summed E-state index contributed by atoms with van der Waals surface area (Å²) < 4.78 is 0. The minimum Gasteiger partial charge on any atom is -0.103 e. The molecule has 0 aromatic heterocycles. The van der Waals surface area contributed by atoms with Crippen molar-refractivity contribution >= 4 is 0 Å². The van der Waals surface area contributed by atoms with Gasteiger partial charge in [0.25, 0.3) is 0 Å². The zero-order chi connectivity index (χ0) is 12.5. The second kappa shape index (κ2) is 20.0. The maximum absolute atomic E-state index is 3.60. The van der Waals surface area contributed by atoms with E-state index >= 15 is 0 Å². The second-order valence-corrected chi connectivity index (χ2v) is 4.19. The Morgan fingerprint density at radius 2 is 1.06 bits per heavy atom. The van der Waals surface area contributed by atoms with Gasteiger partial charge in [0.2, 0.25) is 0 Å². The highest BCUT2D eigenvalue weighted by atomic mass is 13.9. The molecule has 0 spiro atoms. The predicted molar refractivity (Wildman–Crippen MR) is 77.9 cm³/mol. The Labute approximate surface area is 104 Å². The lowest BCUT2D eigenvalue weighted by atomic mass is 10.2. The Hall–Kier alpha value is -0.520. The van der Waals surface area contributed by atoms with Crippen LogP contribution in [0, 0.1) is 0 Å². The highest BCUT2D eigenvalue weighted by Crippen LogP contribution is 1.99. The third kappa shape index (κ3) is 23.4. The minimum atomic E-state index is 1.18. The van der Waals surface area contributed by atoms with Gasteiger partial charge in [-0.3, -0.25) is 0 Å². The smallest absolute Gasteiger partial charge is 0.0351 e. The van der Waals surface area contributed by atoms with Crippen LogP contribution in [0.5, 0.6) is 0 Å². The molecular weight excluding hydrogens is 192 g/mol. The molecule has 0 heterocycles. The van der Waals surface area contributed by atoms with Gasteiger partial charge >= 0.3 is 0 Å². The molecule has 0 nitrogen and oxygen atoms in total. The lowest BCUT2D eigenvalue weighted by Crippen LogP contribution is -1.69. The largest absolute Gasteiger partial charge is 0.103 e. The fraction of sp³-hybridized carbons (Fsp3) is 0.750. The van der Waals surface area contributed by atoms with Gasteiger partial charge in [-0.2, -0.15) is 0 Å². The molecule has 0 aromatic carbocycles. The van der Waals surface area contributed by atoms with E-state index in [1.54, 1.807) is 0 Å². The van der Waals surface area contributed by atoms with E-state index < -0.39 is 0 Å². The Balaban J connectivity index is 0. The average molecular weight is 224 g/mol. The molecule has 0 unspecified atom stereocenters. The molecule has 0 amide bonds. The van der Waals surface area contributed by atoms with Crippen LogP contribution in [0.25, 0.3) is 0 Å². The lowest BCUT2D eigenvalue weighted by molar-refractivity contribution is 0.793. The van der Waals surface area contributed by atoms with Crippen LogP contribution in [0.1, 0.15) is 78.6 Å². The fourth-order valence-electron chi connectivity index (χ4n) is 1.23. The van der Waals surface area contributed by atoms with Crippen LogP contribution in [-0.2, 0) is 0 Å². The first kappa shape index (κ1) is 17.9. The third-order valence-electron chi connectivity index (χ3n) is 2.38. The summed E-state index contributed by atoms with van der Waals surface area (Å²) >= 11 is 0. The Bertz CT molecular complexity index is 123. The van der Waals surface area contributed by atoms with Gasteiger partial charge < -0.3 is 0 Å². The molecule has 0 aliphatic heterocycles. The lowest BCUT2D eigenvalue weighted by Gasteiger charge is -1.89. The van der Waals surface area contributed by atoms with Crippen molar-refractivity contribution in [3.8, 4) is 0 Å². The van der Waals surface area contributed by atoms with Crippen molar-refractivity contribution in [3.63, 3.8) is 0 Å². The molecule has 0 aromatic rings. The highest BCUT2D eigenvalue weighted by Gasteiger charge is 1.78. The molecule has 96 valence electrons. The molecular formula is C16H32. The molecule has 0 saturated carbocycles. The van der Waals surface area contributed by atoms with E-state index in [4.69, 9.17) is 0 Å². The Kier molecular flexibility index (Phi) is 22.3. The van der Waals surface area contributed by atoms with Gasteiger partial charge in [-0.15, -0.1) is 6.58 Å². The van der Waals surface area contributed by atoms with Crippen molar-refractivity contribution in [2.45, 2.75) is 78.6 Å². The van der Waals surface area contributed by atoms with E-state index in [2.05, 4.69) is 39.5 Å². The van der Waals surface area contributed by atoms with E-state index in [0.717, 1.165) is 0 Å². The zero-order valence-electron chi connectivity index (χ0n) is 11.8. The van der Waals surface area contributed by atoms with Crippen LogP contribution in [0.2, 0.25) is 0 Å². The Morgan fingerprint density at radius 1 is 0.688 bits per heavy atom. The van der Waals surface area contributed by atoms with Gasteiger partial charge in [0.1, 0.15) is 0 Å². The summed E-state index contributed by atoms with van der Waals surface area (Å²) in [5.41, 5.74) is 0. The topological polar surface area (TPSA) is 0 Å². The molecule has 0 rings (SSSR count). The number of unbranched alkanes of at least 4 members (excludes halogenated alkanes) is 6. The number of allylic oxidation sites excluding steroid dienone is 3. The summed E-state index contributed by atoms with van der Waals surface area (Å²) in [6, 6.07) is 0. The quantitative estimate of drug-likeness (QED) is 0.319. The molecule has 0 atom stereocenters. The molecule has 0 saturated heterocycles. The van der Waals surface area contributed by atoms with Gasteiger partial charge in [-0.25, -0.2) is 0 Å². The first-order chi connectivity index (χ1) is 7.83. The number of hydrogen-bond acceptors (Lipinski definition) is 0. The van der Waals surface area contributed by atoms with Crippen molar-refractivity contribution < 1.29 is 0 Å². The minimum absolute atomic E-state index is 1.18. The summed E-state index contributed by atoms with van der Waals surface area (Å²) in [5, 5.41) is 0. The highest BCUT2D eigenvalue weighted by molar-refractivity contribution is 4.80. The molecule has 16 heavy (non-hydrogen) atoms. The zero-order valence-corrected chi connectivity index (χ0v) is 11.8. The SMILES string of the molecule is C=CCCCC.CCCC/C=C/CCCC. The molecule has 0 heteroatoms. The van der Waals surface area contributed by atoms with Crippen molar-refractivity contribution in [3.05, 3.63) is 24.8 Å². The van der Waals surface area contributed by atoms with E-state index in [1.807, 2.05) is 6.08 Å². The normalized spacial score (nSPS) is 9.94. The molecule has 0 aliphatic carbocycles. The van der Waals surface area contributed by atoms with Crippen LogP contribution < -0.4 is 0 Å². The summed E-state index contributed by atoms with van der Waals surface area (Å²) in [5.74, 6) is 0. The van der Waals surface area contributed by atoms with Crippen molar-refractivity contribution in [1.29, 1.82) is 0 Å². The standard InChI is InChI=1S/C10H20.C6H12/c1-3-5-7-9-10-8-6-4-2;1-3-5-6-4-2/h9-10H,3-8H2,1-2H3;3H,1,4-6H2,2H3/b10-9+;. The summed E-state index contributed by atoms with van der Waals surface area (Å²) in [6.07, 6.45) is 18.2. The van der Waals surface area contributed by atoms with E-state index in [0.29, 0.717) is 0 Å². The van der Waals surface area contributed by atoms with Crippen LogP contribution >= 0.6 is 0 Å².